The molecule has 0 radical (unpaired) electrons. The first kappa shape index (κ1) is 25.7. The van der Waals surface area contributed by atoms with Gasteiger partial charge in [-0.1, -0.05) is 13.8 Å². The SMILES string of the molecule is CCNC(=NCC(CCO)CC(C)C)NCCCCC(=O)OC.I. The summed E-state index contributed by atoms with van der Waals surface area (Å²) in [6, 6.07) is 0. The molecule has 0 aromatic rings. The third-order valence-corrected chi connectivity index (χ3v) is 3.52. The van der Waals surface area contributed by atoms with Crippen molar-refractivity contribution in [2.45, 2.75) is 52.9 Å². The first-order valence-electron chi connectivity index (χ1n) is 8.73. The summed E-state index contributed by atoms with van der Waals surface area (Å²) in [5.74, 6) is 1.66. The van der Waals surface area contributed by atoms with Crippen LogP contribution < -0.4 is 10.6 Å². The van der Waals surface area contributed by atoms with Crippen LogP contribution in [0.15, 0.2) is 4.99 Å². The maximum Gasteiger partial charge on any atom is 0.305 e. The number of aliphatic hydroxyl groups is 1. The second-order valence-electron chi connectivity index (χ2n) is 6.19. The number of halogens is 1. The molecule has 1 unspecified atom stereocenters. The van der Waals surface area contributed by atoms with Crippen LogP contribution in [0.1, 0.15) is 52.9 Å². The van der Waals surface area contributed by atoms with Crippen molar-refractivity contribution >= 4 is 35.9 Å². The van der Waals surface area contributed by atoms with E-state index >= 15 is 0 Å². The van der Waals surface area contributed by atoms with E-state index in [9.17, 15) is 4.79 Å². The molecule has 7 heteroatoms. The number of methoxy groups -OCH3 is 1. The van der Waals surface area contributed by atoms with Crippen molar-refractivity contribution in [2.75, 3.05) is 33.4 Å². The average Bonchev–Trinajstić information content (AvgIpc) is 2.51. The summed E-state index contributed by atoms with van der Waals surface area (Å²) in [7, 11) is 1.41. The van der Waals surface area contributed by atoms with Crippen molar-refractivity contribution in [1.29, 1.82) is 0 Å². The Morgan fingerprint density at radius 3 is 2.50 bits per heavy atom. The summed E-state index contributed by atoms with van der Waals surface area (Å²) in [5, 5.41) is 15.7. The Morgan fingerprint density at radius 2 is 1.96 bits per heavy atom. The third kappa shape index (κ3) is 15.0. The Balaban J connectivity index is 0. The zero-order valence-corrected chi connectivity index (χ0v) is 18.0. The van der Waals surface area contributed by atoms with Gasteiger partial charge in [0.1, 0.15) is 0 Å². The number of carbonyl (C=O) groups excluding carboxylic acids is 1. The van der Waals surface area contributed by atoms with Gasteiger partial charge in [-0.15, -0.1) is 24.0 Å². The van der Waals surface area contributed by atoms with E-state index in [1.54, 1.807) is 0 Å². The fourth-order valence-electron chi connectivity index (χ4n) is 2.40. The van der Waals surface area contributed by atoms with Gasteiger partial charge < -0.3 is 20.5 Å². The lowest BCUT2D eigenvalue weighted by atomic mass is 9.94. The molecule has 0 amide bonds. The summed E-state index contributed by atoms with van der Waals surface area (Å²) in [5.41, 5.74) is 0. The van der Waals surface area contributed by atoms with E-state index in [-0.39, 0.29) is 36.6 Å². The monoisotopic (exact) mass is 457 g/mol. The van der Waals surface area contributed by atoms with Gasteiger partial charge in [0.25, 0.3) is 0 Å². The number of esters is 1. The smallest absolute Gasteiger partial charge is 0.305 e. The predicted molar refractivity (Wildman–Crippen MR) is 110 cm³/mol. The second kappa shape index (κ2) is 17.3. The van der Waals surface area contributed by atoms with Crippen molar-refractivity contribution in [2.24, 2.45) is 16.8 Å². The number of hydrogen-bond acceptors (Lipinski definition) is 4. The predicted octanol–water partition coefficient (Wildman–Crippen LogP) is 2.55. The highest BCUT2D eigenvalue weighted by Gasteiger charge is 2.10. The molecule has 0 fully saturated rings. The summed E-state index contributed by atoms with van der Waals surface area (Å²) < 4.78 is 4.62. The molecular formula is C17H36IN3O3. The number of rotatable bonds is 12. The van der Waals surface area contributed by atoms with Gasteiger partial charge >= 0.3 is 5.97 Å². The lowest BCUT2D eigenvalue weighted by Gasteiger charge is -2.17. The topological polar surface area (TPSA) is 83.0 Å². The van der Waals surface area contributed by atoms with Crippen molar-refractivity contribution in [3.05, 3.63) is 0 Å². The maximum absolute atomic E-state index is 11.0. The van der Waals surface area contributed by atoms with Gasteiger partial charge in [0.2, 0.25) is 0 Å². The van der Waals surface area contributed by atoms with Gasteiger partial charge in [0.05, 0.1) is 7.11 Å². The number of guanidine groups is 1. The molecule has 0 bridgehead atoms. The number of ether oxygens (including phenoxy) is 1. The van der Waals surface area contributed by atoms with Gasteiger partial charge in [0, 0.05) is 32.7 Å². The first-order chi connectivity index (χ1) is 11.0. The van der Waals surface area contributed by atoms with Crippen LogP contribution in [0.2, 0.25) is 0 Å². The van der Waals surface area contributed by atoms with Crippen molar-refractivity contribution in [3.8, 4) is 0 Å². The molecule has 0 aliphatic carbocycles. The fraction of sp³-hybridized carbons (Fsp3) is 0.882. The van der Waals surface area contributed by atoms with Crippen molar-refractivity contribution in [1.82, 2.24) is 10.6 Å². The molecule has 0 saturated heterocycles. The number of hydrogen-bond donors (Lipinski definition) is 3. The molecule has 24 heavy (non-hydrogen) atoms. The standard InChI is InChI=1S/C17H35N3O3.HI/c1-5-18-17(19-10-7-6-8-16(22)23-4)20-13-15(9-11-21)12-14(2)3;/h14-15,21H,5-13H2,1-4H3,(H2,18,19,20);1H. The first-order valence-corrected chi connectivity index (χ1v) is 8.73. The molecule has 3 N–H and O–H groups in total. The molecule has 0 aromatic carbocycles. The van der Waals surface area contributed by atoms with Gasteiger partial charge in [-0.3, -0.25) is 9.79 Å². The van der Waals surface area contributed by atoms with Crippen LogP contribution in [0.5, 0.6) is 0 Å². The molecule has 0 aliphatic heterocycles. The van der Waals surface area contributed by atoms with E-state index in [1.807, 2.05) is 6.92 Å². The molecule has 0 saturated carbocycles. The van der Waals surface area contributed by atoms with Gasteiger partial charge in [0.15, 0.2) is 5.96 Å². The van der Waals surface area contributed by atoms with Crippen LogP contribution in [-0.4, -0.2) is 50.4 Å². The Morgan fingerprint density at radius 1 is 1.25 bits per heavy atom. The zero-order chi connectivity index (χ0) is 17.5. The summed E-state index contributed by atoms with van der Waals surface area (Å²) in [6.45, 7) is 8.94. The Labute approximate surface area is 164 Å². The van der Waals surface area contributed by atoms with Crippen LogP contribution in [0, 0.1) is 11.8 Å². The lowest BCUT2D eigenvalue weighted by Crippen LogP contribution is -2.38. The Hall–Kier alpha value is -0.570. The van der Waals surface area contributed by atoms with E-state index in [1.165, 1.54) is 7.11 Å². The zero-order valence-electron chi connectivity index (χ0n) is 15.6. The normalized spacial score (nSPS) is 12.5. The molecule has 1 atom stereocenters. The van der Waals surface area contributed by atoms with Crippen LogP contribution in [0.4, 0.5) is 0 Å². The molecule has 0 aromatic heterocycles. The Bertz CT molecular complexity index is 339. The molecular weight excluding hydrogens is 421 g/mol. The third-order valence-electron chi connectivity index (χ3n) is 3.52. The number of nitrogens with zero attached hydrogens (tertiary/aromatic N) is 1. The fourth-order valence-corrected chi connectivity index (χ4v) is 2.40. The van der Waals surface area contributed by atoms with Crippen LogP contribution >= 0.6 is 24.0 Å². The summed E-state index contributed by atoms with van der Waals surface area (Å²) >= 11 is 0. The van der Waals surface area contributed by atoms with Crippen LogP contribution in [0.25, 0.3) is 0 Å². The minimum Gasteiger partial charge on any atom is -0.469 e. The van der Waals surface area contributed by atoms with E-state index in [2.05, 4.69) is 34.2 Å². The van der Waals surface area contributed by atoms with Crippen molar-refractivity contribution in [3.63, 3.8) is 0 Å². The molecule has 6 nitrogen and oxygen atoms in total. The summed E-state index contributed by atoms with van der Waals surface area (Å²) in [4.78, 5) is 15.7. The van der Waals surface area contributed by atoms with Gasteiger partial charge in [-0.05, 0) is 44.4 Å². The van der Waals surface area contributed by atoms with E-state index < -0.39 is 0 Å². The van der Waals surface area contributed by atoms with Gasteiger partial charge in [-0.2, -0.15) is 0 Å². The lowest BCUT2D eigenvalue weighted by molar-refractivity contribution is -0.140. The largest absolute Gasteiger partial charge is 0.469 e. The number of aliphatic hydroxyl groups excluding tert-OH is 1. The number of aliphatic imine (C=N–C) groups is 1. The summed E-state index contributed by atoms with van der Waals surface area (Å²) in [6.07, 6.45) is 4.02. The average molecular weight is 457 g/mol. The second-order valence-corrected chi connectivity index (χ2v) is 6.19. The van der Waals surface area contributed by atoms with E-state index in [0.29, 0.717) is 18.3 Å². The highest BCUT2D eigenvalue weighted by molar-refractivity contribution is 14.0. The molecule has 0 rings (SSSR count). The van der Waals surface area contributed by atoms with Crippen LogP contribution in [-0.2, 0) is 9.53 Å². The molecule has 0 aliphatic rings. The highest BCUT2D eigenvalue weighted by atomic mass is 127. The minimum absolute atomic E-state index is 0. The number of carbonyl (C=O) groups is 1. The maximum atomic E-state index is 11.0. The van der Waals surface area contributed by atoms with E-state index in [4.69, 9.17) is 5.11 Å². The number of nitrogens with one attached hydrogen (secondary N) is 2. The quantitative estimate of drug-likeness (QED) is 0.138. The molecule has 0 spiro atoms. The Kier molecular flexibility index (Phi) is 18.5. The molecule has 0 heterocycles. The van der Waals surface area contributed by atoms with Crippen LogP contribution in [0.3, 0.4) is 0 Å². The van der Waals surface area contributed by atoms with Gasteiger partial charge in [-0.25, -0.2) is 0 Å². The number of unbranched alkanes of at least 4 members (excludes halogenated alkanes) is 1. The van der Waals surface area contributed by atoms with E-state index in [0.717, 1.165) is 51.3 Å². The van der Waals surface area contributed by atoms with Crippen molar-refractivity contribution < 1.29 is 14.6 Å². The minimum atomic E-state index is -0.161. The highest BCUT2D eigenvalue weighted by Crippen LogP contribution is 2.15. The molecule has 144 valence electrons.